The van der Waals surface area contributed by atoms with Crippen molar-refractivity contribution in [1.29, 1.82) is 0 Å². The third kappa shape index (κ3) is 3.18. The van der Waals surface area contributed by atoms with Crippen LogP contribution >= 0.6 is 8.25 Å². The van der Waals surface area contributed by atoms with Crippen LogP contribution in [-0.4, -0.2) is 43.2 Å². The van der Waals surface area contributed by atoms with Crippen LogP contribution in [0.25, 0.3) is 21.6 Å². The summed E-state index contributed by atoms with van der Waals surface area (Å²) in [6.07, 6.45) is -0.0995. The van der Waals surface area contributed by atoms with Crippen LogP contribution in [0, 0.1) is 5.92 Å². The zero-order valence-electron chi connectivity index (χ0n) is 12.9. The fraction of sp³-hybridized carbons (Fsp3) is 0.545. The Morgan fingerprint density at radius 3 is 3.12 bits per heavy atom. The van der Waals surface area contributed by atoms with Crippen molar-refractivity contribution in [2.75, 3.05) is 12.3 Å². The van der Waals surface area contributed by atoms with Gasteiger partial charge in [0.25, 0.3) is 5.56 Å². The maximum Gasteiger partial charge on any atom is 0.694 e. The fourth-order valence-corrected chi connectivity index (χ4v) is 3.05. The van der Waals surface area contributed by atoms with Crippen molar-refractivity contribution in [1.82, 2.24) is 19.5 Å². The summed E-state index contributed by atoms with van der Waals surface area (Å²) < 4.78 is 22.7. The van der Waals surface area contributed by atoms with Crippen molar-refractivity contribution in [3.05, 3.63) is 27.1 Å². The number of rotatable bonds is 5. The summed E-state index contributed by atoms with van der Waals surface area (Å²) in [6.45, 7) is 1.59. The molecule has 0 aliphatic carbocycles. The number of aromatic nitrogens is 4. The van der Waals surface area contributed by atoms with Gasteiger partial charge in [-0.3, -0.25) is 14.3 Å². The quantitative estimate of drug-likeness (QED) is 0.294. The van der Waals surface area contributed by atoms with Gasteiger partial charge in [-0.05, 0) is 11.4 Å². The Balaban J connectivity index is 2.01. The summed E-state index contributed by atoms with van der Waals surface area (Å²) in [5.74, 6) is -0.421. The number of anilines is 1. The van der Waals surface area contributed by atoms with E-state index in [2.05, 4.69) is 25.0 Å². The van der Waals surface area contributed by atoms with E-state index in [9.17, 15) is 9.36 Å². The van der Waals surface area contributed by atoms with Crippen LogP contribution in [0.15, 0.2) is 16.2 Å². The first kappa shape index (κ1) is 17.3. The average Bonchev–Trinajstić information content (AvgIpc) is 3.08. The Morgan fingerprint density at radius 1 is 1.68 bits per heavy atom. The van der Waals surface area contributed by atoms with Crippen LogP contribution in [0.5, 0.6) is 0 Å². The number of hydrogen-bond acceptors (Lipinski definition) is 8. The number of nitrogen functional groups attached to an aromatic ring is 1. The number of ether oxygens (including phenoxy) is 1. The van der Waals surface area contributed by atoms with Gasteiger partial charge >= 0.3 is 8.25 Å². The summed E-state index contributed by atoms with van der Waals surface area (Å²) in [5.41, 5.74) is 14.1. The molecule has 0 aromatic carbocycles. The molecule has 3 heterocycles. The number of aromatic amines is 1. The summed E-state index contributed by atoms with van der Waals surface area (Å²) in [7, 11) is -2.78. The number of azide groups is 1. The molecule has 13 nitrogen and oxygen atoms in total. The largest absolute Gasteiger partial charge is 0.694 e. The molecule has 2 aromatic heterocycles. The van der Waals surface area contributed by atoms with E-state index in [-0.39, 0.29) is 29.6 Å². The van der Waals surface area contributed by atoms with Gasteiger partial charge in [-0.25, -0.2) is 4.98 Å². The molecule has 1 aliphatic rings. The number of H-pyrrole nitrogens is 1. The molecule has 0 bridgehead atoms. The van der Waals surface area contributed by atoms with E-state index in [0.29, 0.717) is 0 Å². The number of imidazole rings is 1. The van der Waals surface area contributed by atoms with Crippen molar-refractivity contribution in [2.45, 2.75) is 25.3 Å². The summed E-state index contributed by atoms with van der Waals surface area (Å²) in [5, 5.41) is 3.74. The third-order valence-corrected chi connectivity index (χ3v) is 4.36. The molecule has 2 aromatic rings. The van der Waals surface area contributed by atoms with Crippen LogP contribution in [0.3, 0.4) is 0 Å². The lowest BCUT2D eigenvalue weighted by molar-refractivity contribution is -0.0253. The average molecular weight is 369 g/mol. The smallest absolute Gasteiger partial charge is 0.369 e. The van der Waals surface area contributed by atoms with Crippen molar-refractivity contribution < 1.29 is 18.7 Å². The third-order valence-electron chi connectivity index (χ3n) is 3.99. The van der Waals surface area contributed by atoms with Gasteiger partial charge in [-0.2, -0.15) is 4.98 Å². The van der Waals surface area contributed by atoms with Crippen molar-refractivity contribution in [3.8, 4) is 0 Å². The highest BCUT2D eigenvalue weighted by Crippen LogP contribution is 2.38. The van der Waals surface area contributed by atoms with Gasteiger partial charge in [0.15, 0.2) is 11.2 Å². The highest BCUT2D eigenvalue weighted by molar-refractivity contribution is 7.32. The highest BCUT2D eigenvalue weighted by Gasteiger charge is 2.44. The standard InChI is InChI=1S/C11H13N8O5P/c1-4-5(2-23-25(21)22)24-10(6(4)17-18-13)19-3-14-7-8(19)15-11(12)16-9(7)20/h3-6,10H,2H2,1H3,(H3-,12,15,16,20,21,22)/p+1/t4?,5-,6?,10-/m1/s1. The number of hydrogen-bond donors (Lipinski definition) is 3. The summed E-state index contributed by atoms with van der Waals surface area (Å²) in [4.78, 5) is 33.9. The highest BCUT2D eigenvalue weighted by atomic mass is 31.1. The first-order chi connectivity index (χ1) is 11.9. The Morgan fingerprint density at radius 2 is 2.44 bits per heavy atom. The molecule has 1 aliphatic heterocycles. The maximum absolute atomic E-state index is 11.9. The van der Waals surface area contributed by atoms with Gasteiger partial charge < -0.3 is 10.5 Å². The van der Waals surface area contributed by atoms with Gasteiger partial charge in [-0.15, -0.1) is 9.42 Å². The first-order valence-electron chi connectivity index (χ1n) is 7.13. The van der Waals surface area contributed by atoms with E-state index in [1.54, 1.807) is 6.92 Å². The Kier molecular flexibility index (Phi) is 4.66. The van der Waals surface area contributed by atoms with E-state index >= 15 is 0 Å². The van der Waals surface area contributed by atoms with Crippen LogP contribution in [0.1, 0.15) is 13.2 Å². The minimum Gasteiger partial charge on any atom is -0.369 e. The molecule has 14 heteroatoms. The number of fused-ring (bicyclic) bond motifs is 1. The predicted octanol–water partition coefficient (Wildman–Crippen LogP) is 0.580. The number of nitrogens with one attached hydrogen (secondary N) is 1. The monoisotopic (exact) mass is 369 g/mol. The molecular formula is C11H14N8O5P+. The van der Waals surface area contributed by atoms with Crippen LogP contribution in [0.4, 0.5) is 5.95 Å². The molecule has 25 heavy (non-hydrogen) atoms. The van der Waals surface area contributed by atoms with E-state index in [4.69, 9.17) is 25.4 Å². The van der Waals surface area contributed by atoms with Gasteiger partial charge in [0.1, 0.15) is 12.8 Å². The van der Waals surface area contributed by atoms with Crippen molar-refractivity contribution in [3.63, 3.8) is 0 Å². The molecular weight excluding hydrogens is 355 g/mol. The molecule has 4 N–H and O–H groups in total. The molecule has 0 amide bonds. The Labute approximate surface area is 140 Å². The lowest BCUT2D eigenvalue weighted by atomic mass is 9.99. The molecule has 1 fully saturated rings. The van der Waals surface area contributed by atoms with E-state index < -0.39 is 32.2 Å². The lowest BCUT2D eigenvalue weighted by Gasteiger charge is -2.17. The molecule has 132 valence electrons. The minimum absolute atomic E-state index is 0.0586. The SMILES string of the molecule is CC1C(N=[N+]=[N-])[C@H](n2cnc3c(=O)[nH]c(N)nc32)O[C@@H]1CO[P+](=O)O. The molecule has 5 atom stereocenters. The minimum atomic E-state index is -2.78. The molecule has 3 rings (SSSR count). The fourth-order valence-electron chi connectivity index (χ4n) is 2.77. The van der Waals surface area contributed by atoms with Crippen LogP contribution in [0.2, 0.25) is 0 Å². The van der Waals surface area contributed by atoms with Crippen LogP contribution in [-0.2, 0) is 13.8 Å². The topological polar surface area (TPSA) is 194 Å². The van der Waals surface area contributed by atoms with E-state index in [1.807, 2.05) is 0 Å². The Hall–Kier alpha value is -2.56. The van der Waals surface area contributed by atoms with Gasteiger partial charge in [0.2, 0.25) is 5.95 Å². The first-order valence-corrected chi connectivity index (χ1v) is 8.26. The van der Waals surface area contributed by atoms with Gasteiger partial charge in [0.05, 0.1) is 18.5 Å². The summed E-state index contributed by atoms with van der Waals surface area (Å²) in [6, 6.07) is -0.671. The van der Waals surface area contributed by atoms with E-state index in [0.717, 1.165) is 0 Å². The molecule has 1 saturated heterocycles. The second kappa shape index (κ2) is 6.75. The zero-order valence-corrected chi connectivity index (χ0v) is 13.8. The van der Waals surface area contributed by atoms with Crippen molar-refractivity contribution >= 4 is 25.4 Å². The molecule has 0 saturated carbocycles. The van der Waals surface area contributed by atoms with E-state index in [1.165, 1.54) is 10.9 Å². The van der Waals surface area contributed by atoms with Gasteiger partial charge in [-0.1, -0.05) is 12.0 Å². The molecule has 3 unspecified atom stereocenters. The number of nitrogens with zero attached hydrogens (tertiary/aromatic N) is 6. The normalized spacial score (nSPS) is 26.6. The predicted molar refractivity (Wildman–Crippen MR) is 84.3 cm³/mol. The zero-order chi connectivity index (χ0) is 18.1. The molecule has 0 spiro atoms. The number of nitrogens with two attached hydrogens (primary N) is 1. The van der Waals surface area contributed by atoms with Gasteiger partial charge in [0, 0.05) is 9.48 Å². The Bertz CT molecular complexity index is 921. The lowest BCUT2D eigenvalue weighted by Crippen LogP contribution is -2.24. The summed E-state index contributed by atoms with van der Waals surface area (Å²) >= 11 is 0. The molecule has 0 radical (unpaired) electrons. The maximum atomic E-state index is 11.9. The van der Waals surface area contributed by atoms with Crippen LogP contribution < -0.4 is 11.3 Å². The second-order valence-electron chi connectivity index (χ2n) is 5.43. The van der Waals surface area contributed by atoms with Crippen molar-refractivity contribution in [2.24, 2.45) is 11.0 Å². The second-order valence-corrected chi connectivity index (χ2v) is 6.16.